The molecule has 3 nitrogen and oxygen atoms in total. The van der Waals surface area contributed by atoms with E-state index < -0.39 is 0 Å². The van der Waals surface area contributed by atoms with Crippen molar-refractivity contribution in [3.05, 3.63) is 65.7 Å². The fourth-order valence-corrected chi connectivity index (χ4v) is 2.77. The van der Waals surface area contributed by atoms with E-state index in [2.05, 4.69) is 61.7 Å². The highest BCUT2D eigenvalue weighted by atomic mass is 16.1. The Morgan fingerprint density at radius 3 is 2.33 bits per heavy atom. The molecule has 0 aliphatic carbocycles. The van der Waals surface area contributed by atoms with Crippen LogP contribution >= 0.6 is 0 Å². The largest absolute Gasteiger partial charge is 0.326 e. The molecule has 3 heteroatoms. The lowest BCUT2D eigenvalue weighted by Crippen LogP contribution is -2.32. The number of hydrogen-bond donors (Lipinski definition) is 2. The number of nitrogens with one attached hydrogen (secondary N) is 2. The Hall–Kier alpha value is -2.13. The van der Waals surface area contributed by atoms with E-state index in [4.69, 9.17) is 0 Å². The zero-order chi connectivity index (χ0) is 17.4. The number of anilines is 1. The fourth-order valence-electron chi connectivity index (χ4n) is 2.77. The molecule has 1 unspecified atom stereocenters. The highest BCUT2D eigenvalue weighted by Crippen LogP contribution is 2.23. The number of carbonyl (C=O) groups excluding carboxylic acids is 1. The Bertz CT molecular complexity index is 637. The number of amides is 1. The van der Waals surface area contributed by atoms with Crippen molar-refractivity contribution in [1.82, 2.24) is 5.32 Å². The van der Waals surface area contributed by atoms with Crippen LogP contribution in [0.2, 0.25) is 0 Å². The fraction of sp³-hybridized carbons (Fsp3) is 0.381. The van der Waals surface area contributed by atoms with Gasteiger partial charge in [-0.05, 0) is 43.0 Å². The summed E-state index contributed by atoms with van der Waals surface area (Å²) in [6, 6.07) is 18.6. The molecule has 2 aromatic rings. The molecule has 2 N–H and O–H groups in total. The first-order valence-corrected chi connectivity index (χ1v) is 8.72. The van der Waals surface area contributed by atoms with Gasteiger partial charge in [-0.3, -0.25) is 4.79 Å². The van der Waals surface area contributed by atoms with Gasteiger partial charge in [-0.1, -0.05) is 62.4 Å². The molecule has 0 saturated carbocycles. The van der Waals surface area contributed by atoms with Crippen molar-refractivity contribution in [3.63, 3.8) is 0 Å². The lowest BCUT2D eigenvalue weighted by molar-refractivity contribution is -0.116. The van der Waals surface area contributed by atoms with Crippen LogP contribution in [-0.4, -0.2) is 18.5 Å². The summed E-state index contributed by atoms with van der Waals surface area (Å²) in [4.78, 5) is 12.3. The summed E-state index contributed by atoms with van der Waals surface area (Å²) >= 11 is 0. The summed E-state index contributed by atoms with van der Waals surface area (Å²) < 4.78 is 0. The van der Waals surface area contributed by atoms with Gasteiger partial charge in [0, 0.05) is 18.2 Å². The van der Waals surface area contributed by atoms with Gasteiger partial charge in [-0.15, -0.1) is 0 Å². The van der Waals surface area contributed by atoms with Crippen molar-refractivity contribution in [1.29, 1.82) is 0 Å². The number of para-hydroxylation sites is 1. The SMILES string of the molecule is CC(CC(=O)Nc1ccccc1C(C)C)NCCc1ccccc1. The van der Waals surface area contributed by atoms with Crippen LogP contribution in [0.3, 0.4) is 0 Å². The second kappa shape index (κ2) is 9.24. The zero-order valence-electron chi connectivity index (χ0n) is 14.9. The minimum absolute atomic E-state index is 0.0582. The monoisotopic (exact) mass is 324 g/mol. The molecule has 0 aliphatic heterocycles. The molecule has 0 aliphatic rings. The molecule has 0 fully saturated rings. The van der Waals surface area contributed by atoms with E-state index in [1.165, 1.54) is 11.1 Å². The second-order valence-electron chi connectivity index (χ2n) is 6.59. The van der Waals surface area contributed by atoms with Gasteiger partial charge < -0.3 is 10.6 Å². The molecule has 1 atom stereocenters. The Morgan fingerprint density at radius 2 is 1.62 bits per heavy atom. The molecule has 0 saturated heterocycles. The summed E-state index contributed by atoms with van der Waals surface area (Å²) in [6.45, 7) is 7.21. The van der Waals surface area contributed by atoms with Crippen molar-refractivity contribution >= 4 is 11.6 Å². The van der Waals surface area contributed by atoms with E-state index >= 15 is 0 Å². The molecule has 2 rings (SSSR count). The first-order valence-electron chi connectivity index (χ1n) is 8.72. The quantitative estimate of drug-likeness (QED) is 0.757. The molecule has 2 aromatic carbocycles. The topological polar surface area (TPSA) is 41.1 Å². The van der Waals surface area contributed by atoms with Gasteiger partial charge in [0.15, 0.2) is 0 Å². The number of benzene rings is 2. The van der Waals surface area contributed by atoms with Crippen LogP contribution in [0, 0.1) is 0 Å². The third-order valence-electron chi connectivity index (χ3n) is 4.10. The average molecular weight is 324 g/mol. The van der Waals surface area contributed by atoms with Crippen molar-refractivity contribution in [2.45, 2.75) is 45.6 Å². The number of rotatable bonds is 8. The molecule has 0 bridgehead atoms. The van der Waals surface area contributed by atoms with Crippen LogP contribution in [0.15, 0.2) is 54.6 Å². The van der Waals surface area contributed by atoms with Gasteiger partial charge in [0.1, 0.15) is 0 Å². The van der Waals surface area contributed by atoms with Gasteiger partial charge >= 0.3 is 0 Å². The third-order valence-corrected chi connectivity index (χ3v) is 4.10. The van der Waals surface area contributed by atoms with Crippen molar-refractivity contribution in [2.24, 2.45) is 0 Å². The minimum atomic E-state index is 0.0582. The second-order valence-corrected chi connectivity index (χ2v) is 6.59. The molecular formula is C21H28N2O. The standard InChI is InChI=1S/C21H28N2O/c1-16(2)19-11-7-8-12-20(19)23-21(24)15-17(3)22-14-13-18-9-5-4-6-10-18/h4-12,16-17,22H,13-15H2,1-3H3,(H,23,24). The summed E-state index contributed by atoms with van der Waals surface area (Å²) in [7, 11) is 0. The van der Waals surface area contributed by atoms with Gasteiger partial charge in [0.2, 0.25) is 5.91 Å². The average Bonchev–Trinajstić information content (AvgIpc) is 2.56. The highest BCUT2D eigenvalue weighted by Gasteiger charge is 2.12. The van der Waals surface area contributed by atoms with Crippen LogP contribution in [-0.2, 0) is 11.2 Å². The van der Waals surface area contributed by atoms with Gasteiger partial charge in [-0.2, -0.15) is 0 Å². The van der Waals surface area contributed by atoms with Crippen molar-refractivity contribution in [3.8, 4) is 0 Å². The smallest absolute Gasteiger partial charge is 0.225 e. The summed E-state index contributed by atoms with van der Waals surface area (Å²) in [5.74, 6) is 0.450. The molecule has 0 aromatic heterocycles. The van der Waals surface area contributed by atoms with Crippen molar-refractivity contribution < 1.29 is 4.79 Å². The maximum atomic E-state index is 12.3. The van der Waals surface area contributed by atoms with E-state index in [1.807, 2.05) is 24.3 Å². The lowest BCUT2D eigenvalue weighted by atomic mass is 10.0. The Balaban J connectivity index is 1.77. The maximum absolute atomic E-state index is 12.3. The third kappa shape index (κ3) is 5.82. The van der Waals surface area contributed by atoms with Crippen LogP contribution in [0.4, 0.5) is 5.69 Å². The highest BCUT2D eigenvalue weighted by molar-refractivity contribution is 5.91. The Labute approximate surface area is 145 Å². The molecule has 24 heavy (non-hydrogen) atoms. The molecule has 1 amide bonds. The van der Waals surface area contributed by atoms with Crippen LogP contribution in [0.5, 0.6) is 0 Å². The summed E-state index contributed by atoms with van der Waals surface area (Å²) in [6.07, 6.45) is 1.45. The zero-order valence-corrected chi connectivity index (χ0v) is 14.9. The van der Waals surface area contributed by atoms with Crippen molar-refractivity contribution in [2.75, 3.05) is 11.9 Å². The van der Waals surface area contributed by atoms with E-state index in [9.17, 15) is 4.79 Å². The van der Waals surface area contributed by atoms with E-state index in [-0.39, 0.29) is 11.9 Å². The maximum Gasteiger partial charge on any atom is 0.225 e. The van der Waals surface area contributed by atoms with Gasteiger partial charge in [-0.25, -0.2) is 0 Å². The van der Waals surface area contributed by atoms with Crippen LogP contribution < -0.4 is 10.6 Å². The summed E-state index contributed by atoms with van der Waals surface area (Å²) in [5.41, 5.74) is 3.41. The first-order chi connectivity index (χ1) is 11.6. The first kappa shape index (κ1) is 18.2. The predicted octanol–water partition coefficient (Wildman–Crippen LogP) is 4.36. The minimum Gasteiger partial charge on any atom is -0.326 e. The van der Waals surface area contributed by atoms with E-state index in [0.29, 0.717) is 12.3 Å². The lowest BCUT2D eigenvalue weighted by Gasteiger charge is -2.16. The molecule has 0 heterocycles. The number of carbonyl (C=O) groups is 1. The van der Waals surface area contributed by atoms with Crippen LogP contribution in [0.25, 0.3) is 0 Å². The predicted molar refractivity (Wildman–Crippen MR) is 101 cm³/mol. The molecule has 0 radical (unpaired) electrons. The molecule has 0 spiro atoms. The van der Waals surface area contributed by atoms with Gasteiger partial charge in [0.25, 0.3) is 0 Å². The van der Waals surface area contributed by atoms with E-state index in [0.717, 1.165) is 18.7 Å². The van der Waals surface area contributed by atoms with Gasteiger partial charge in [0.05, 0.1) is 0 Å². The van der Waals surface area contributed by atoms with Crippen LogP contribution in [0.1, 0.15) is 44.2 Å². The molecule has 128 valence electrons. The van der Waals surface area contributed by atoms with E-state index in [1.54, 1.807) is 0 Å². The normalized spacial score (nSPS) is 12.2. The Morgan fingerprint density at radius 1 is 0.958 bits per heavy atom. The summed E-state index contributed by atoms with van der Waals surface area (Å²) in [5, 5.41) is 6.48. The number of hydrogen-bond acceptors (Lipinski definition) is 2. The molecular weight excluding hydrogens is 296 g/mol. The Kier molecular flexibility index (Phi) is 7.01.